The molecule has 1 aromatic carbocycles. The van der Waals surface area contributed by atoms with Gasteiger partial charge in [0.2, 0.25) is 5.91 Å². The Morgan fingerprint density at radius 2 is 1.79 bits per heavy atom. The van der Waals surface area contributed by atoms with Crippen molar-refractivity contribution in [1.29, 1.82) is 0 Å². The van der Waals surface area contributed by atoms with E-state index in [2.05, 4.69) is 27.8 Å². The molecule has 2 fully saturated rings. The van der Waals surface area contributed by atoms with Crippen LogP contribution in [-0.2, 0) is 31.0 Å². The Balaban J connectivity index is 0.000000298. The number of likely N-dealkylation sites (tertiary alicyclic amines) is 1. The SMILES string of the molecule is CC(=O)OC(C)=O.COc1ccc2c(c1)[C@@]13CCCC[C@H]1[C@@H](C2)N(C(C)=O)CC3. The van der Waals surface area contributed by atoms with Crippen molar-refractivity contribution in [3.8, 4) is 5.75 Å². The molecule has 6 nitrogen and oxygen atoms in total. The molecular formula is C23H31NO5. The summed E-state index contributed by atoms with van der Waals surface area (Å²) in [5, 5.41) is 0. The number of hydrogen-bond acceptors (Lipinski definition) is 5. The van der Waals surface area contributed by atoms with Crippen molar-refractivity contribution >= 4 is 17.8 Å². The van der Waals surface area contributed by atoms with Crippen molar-refractivity contribution in [2.75, 3.05) is 13.7 Å². The molecule has 0 radical (unpaired) electrons. The lowest BCUT2D eigenvalue weighted by atomic mass is 9.52. The molecule has 6 heteroatoms. The Bertz CT molecular complexity index is 792. The third-order valence-electron chi connectivity index (χ3n) is 6.74. The lowest BCUT2D eigenvalue weighted by Gasteiger charge is -2.59. The van der Waals surface area contributed by atoms with Crippen LogP contribution < -0.4 is 4.74 Å². The van der Waals surface area contributed by atoms with Gasteiger partial charge in [0.25, 0.3) is 0 Å². The van der Waals surface area contributed by atoms with E-state index in [1.54, 1.807) is 14.0 Å². The van der Waals surface area contributed by atoms with Gasteiger partial charge in [0.1, 0.15) is 5.75 Å². The lowest BCUT2D eigenvalue weighted by molar-refractivity contribution is -0.156. The minimum Gasteiger partial charge on any atom is -0.497 e. The predicted octanol–water partition coefficient (Wildman–Crippen LogP) is 3.40. The number of piperidine rings is 1. The largest absolute Gasteiger partial charge is 0.497 e. The Morgan fingerprint density at radius 1 is 1.07 bits per heavy atom. The number of methoxy groups -OCH3 is 1. The molecule has 3 aliphatic rings. The van der Waals surface area contributed by atoms with Gasteiger partial charge < -0.3 is 14.4 Å². The van der Waals surface area contributed by atoms with Gasteiger partial charge in [-0.1, -0.05) is 18.9 Å². The number of carbonyl (C=O) groups is 3. The molecule has 0 unspecified atom stereocenters. The van der Waals surface area contributed by atoms with Gasteiger partial charge in [-0.2, -0.15) is 0 Å². The van der Waals surface area contributed by atoms with E-state index in [4.69, 9.17) is 4.74 Å². The third kappa shape index (κ3) is 4.16. The maximum Gasteiger partial charge on any atom is 0.310 e. The van der Waals surface area contributed by atoms with Crippen molar-refractivity contribution in [3.05, 3.63) is 29.3 Å². The van der Waals surface area contributed by atoms with E-state index in [-0.39, 0.29) is 11.3 Å². The maximum atomic E-state index is 12.1. The summed E-state index contributed by atoms with van der Waals surface area (Å²) in [7, 11) is 1.75. The topological polar surface area (TPSA) is 72.9 Å². The van der Waals surface area contributed by atoms with Crippen molar-refractivity contribution in [1.82, 2.24) is 4.90 Å². The number of benzene rings is 1. The number of esters is 2. The minimum absolute atomic E-state index is 0.251. The van der Waals surface area contributed by atoms with Gasteiger partial charge in [-0.25, -0.2) is 0 Å². The average molecular weight is 402 g/mol. The van der Waals surface area contributed by atoms with Gasteiger partial charge in [-0.15, -0.1) is 0 Å². The highest BCUT2D eigenvalue weighted by molar-refractivity contribution is 5.82. The van der Waals surface area contributed by atoms with E-state index in [9.17, 15) is 14.4 Å². The van der Waals surface area contributed by atoms with Crippen LogP contribution >= 0.6 is 0 Å². The van der Waals surface area contributed by atoms with Crippen molar-refractivity contribution in [2.45, 2.75) is 70.8 Å². The van der Waals surface area contributed by atoms with Crippen molar-refractivity contribution in [2.24, 2.45) is 5.92 Å². The summed E-state index contributed by atoms with van der Waals surface area (Å²) < 4.78 is 9.46. The molecule has 1 heterocycles. The molecule has 2 bridgehead atoms. The Morgan fingerprint density at radius 3 is 2.38 bits per heavy atom. The van der Waals surface area contributed by atoms with Crippen LogP contribution in [0.1, 0.15) is 64.0 Å². The van der Waals surface area contributed by atoms with Crippen LogP contribution in [0.25, 0.3) is 0 Å². The van der Waals surface area contributed by atoms with Gasteiger partial charge in [0.15, 0.2) is 0 Å². The molecule has 0 N–H and O–H groups in total. The first-order chi connectivity index (χ1) is 13.8. The summed E-state index contributed by atoms with van der Waals surface area (Å²) >= 11 is 0. The molecule has 2 aliphatic carbocycles. The molecule has 4 rings (SSSR count). The Kier molecular flexibility index (Phi) is 6.30. The lowest BCUT2D eigenvalue weighted by Crippen LogP contribution is -2.61. The van der Waals surface area contributed by atoms with E-state index in [0.29, 0.717) is 12.0 Å². The van der Waals surface area contributed by atoms with Gasteiger partial charge in [-0.3, -0.25) is 14.4 Å². The number of amides is 1. The van der Waals surface area contributed by atoms with Gasteiger partial charge in [0, 0.05) is 38.8 Å². The summed E-state index contributed by atoms with van der Waals surface area (Å²) in [5.41, 5.74) is 3.25. The number of rotatable bonds is 1. The van der Waals surface area contributed by atoms with Crippen LogP contribution in [0.2, 0.25) is 0 Å². The maximum absolute atomic E-state index is 12.1. The molecule has 0 spiro atoms. The number of ether oxygens (including phenoxy) is 2. The van der Waals surface area contributed by atoms with E-state index >= 15 is 0 Å². The smallest absolute Gasteiger partial charge is 0.310 e. The molecular weight excluding hydrogens is 370 g/mol. The normalized spacial score (nSPS) is 26.8. The van der Waals surface area contributed by atoms with E-state index < -0.39 is 11.9 Å². The second-order valence-electron chi connectivity index (χ2n) is 8.35. The monoisotopic (exact) mass is 401 g/mol. The summed E-state index contributed by atoms with van der Waals surface area (Å²) in [6.45, 7) is 5.02. The average Bonchev–Trinajstić information content (AvgIpc) is 2.67. The van der Waals surface area contributed by atoms with Crippen LogP contribution in [0, 0.1) is 5.92 Å². The fraction of sp³-hybridized carbons (Fsp3) is 0.609. The molecule has 29 heavy (non-hydrogen) atoms. The van der Waals surface area contributed by atoms with E-state index in [1.807, 2.05) is 0 Å². The molecule has 1 saturated heterocycles. The Hall–Kier alpha value is -2.37. The summed E-state index contributed by atoms with van der Waals surface area (Å²) in [5.74, 6) is 0.740. The molecule has 1 saturated carbocycles. The first kappa shape index (κ1) is 21.3. The van der Waals surface area contributed by atoms with Crippen LogP contribution in [-0.4, -0.2) is 42.4 Å². The number of nitrogens with zero attached hydrogens (tertiary/aromatic N) is 1. The van der Waals surface area contributed by atoms with Gasteiger partial charge >= 0.3 is 11.9 Å². The summed E-state index contributed by atoms with van der Waals surface area (Å²) in [6.07, 6.45) is 7.32. The van der Waals surface area contributed by atoms with Crippen molar-refractivity contribution < 1.29 is 23.9 Å². The first-order valence-electron chi connectivity index (χ1n) is 10.4. The first-order valence-corrected chi connectivity index (χ1v) is 10.4. The zero-order valence-corrected chi connectivity index (χ0v) is 17.8. The fourth-order valence-electron chi connectivity index (χ4n) is 5.70. The quantitative estimate of drug-likeness (QED) is 0.533. The highest BCUT2D eigenvalue weighted by atomic mass is 16.6. The Labute approximate surface area is 172 Å². The fourth-order valence-corrected chi connectivity index (χ4v) is 5.70. The summed E-state index contributed by atoms with van der Waals surface area (Å²) in [4.78, 5) is 33.9. The third-order valence-corrected chi connectivity index (χ3v) is 6.74. The van der Waals surface area contributed by atoms with Crippen LogP contribution in [0.5, 0.6) is 5.75 Å². The second kappa shape index (κ2) is 8.56. The number of fused-ring (bicyclic) bond motifs is 1. The number of carbonyl (C=O) groups excluding carboxylic acids is 3. The zero-order chi connectivity index (χ0) is 21.2. The van der Waals surface area contributed by atoms with Crippen LogP contribution in [0.4, 0.5) is 0 Å². The predicted molar refractivity (Wildman–Crippen MR) is 109 cm³/mol. The number of hydrogen-bond donors (Lipinski definition) is 0. The summed E-state index contributed by atoms with van der Waals surface area (Å²) in [6, 6.07) is 7.00. The highest BCUT2D eigenvalue weighted by Gasteiger charge is 2.54. The molecule has 158 valence electrons. The van der Waals surface area contributed by atoms with E-state index in [0.717, 1.165) is 25.1 Å². The van der Waals surface area contributed by atoms with Crippen molar-refractivity contribution in [3.63, 3.8) is 0 Å². The standard InChI is InChI=1S/C19H25NO2.C4H6O3/c1-13(21)20-10-9-19-8-4-3-5-16(19)18(20)11-14-6-7-15(22-2)12-17(14)19;1-3(5)7-4(2)6/h6-7,12,16,18H,3-5,8-11H2,1-2H3;1-2H3/t16-,18+,19+;/m0./s1. The highest BCUT2D eigenvalue weighted by Crippen LogP contribution is 2.56. The molecule has 1 aliphatic heterocycles. The molecule has 3 atom stereocenters. The van der Waals surface area contributed by atoms with Gasteiger partial charge in [0.05, 0.1) is 7.11 Å². The molecule has 0 aromatic heterocycles. The molecule has 1 aromatic rings. The van der Waals surface area contributed by atoms with Crippen LogP contribution in [0.15, 0.2) is 18.2 Å². The second-order valence-corrected chi connectivity index (χ2v) is 8.35. The van der Waals surface area contributed by atoms with Crippen LogP contribution in [0.3, 0.4) is 0 Å². The molecule has 1 amide bonds. The van der Waals surface area contributed by atoms with Gasteiger partial charge in [-0.05, 0) is 54.9 Å². The van der Waals surface area contributed by atoms with E-state index in [1.165, 1.54) is 50.7 Å². The minimum atomic E-state index is -0.562. The zero-order valence-electron chi connectivity index (χ0n) is 17.8.